The fourth-order valence-corrected chi connectivity index (χ4v) is 5.23. The molecular weight excluding hydrogens is 518 g/mol. The number of ether oxygens (including phenoxy) is 2. The van der Waals surface area contributed by atoms with Crippen molar-refractivity contribution in [2.45, 2.75) is 69.2 Å². The molecule has 202 valence electrons. The predicted molar refractivity (Wildman–Crippen MR) is 126 cm³/mol. The van der Waals surface area contributed by atoms with Crippen LogP contribution in [0.5, 0.6) is 5.75 Å². The molecule has 0 bridgehead atoms. The van der Waals surface area contributed by atoms with Crippen molar-refractivity contribution in [1.29, 1.82) is 0 Å². The number of halogens is 4. The Hall–Kier alpha value is -3.15. The zero-order chi connectivity index (χ0) is 27.6. The number of esters is 1. The van der Waals surface area contributed by atoms with E-state index in [9.17, 15) is 35.6 Å². The van der Waals surface area contributed by atoms with Crippen molar-refractivity contribution in [1.82, 2.24) is 0 Å². The van der Waals surface area contributed by atoms with Crippen LogP contribution in [-0.4, -0.2) is 44.6 Å². The van der Waals surface area contributed by atoms with Crippen molar-refractivity contribution >= 4 is 27.5 Å². The van der Waals surface area contributed by atoms with Crippen LogP contribution in [0.1, 0.15) is 45.6 Å². The molecule has 1 aliphatic heterocycles. The van der Waals surface area contributed by atoms with Crippen molar-refractivity contribution in [3.63, 3.8) is 0 Å². The van der Waals surface area contributed by atoms with E-state index in [1.807, 2.05) is 0 Å². The highest BCUT2D eigenvalue weighted by molar-refractivity contribution is 7.92. The third-order valence-corrected chi connectivity index (χ3v) is 7.93. The molecule has 2 aromatic rings. The first-order chi connectivity index (χ1) is 17.2. The van der Waals surface area contributed by atoms with Gasteiger partial charge in [0.15, 0.2) is 0 Å². The van der Waals surface area contributed by atoms with Crippen LogP contribution in [0.4, 0.5) is 23.2 Å². The SMILES string of the molecule is CCC(C)(OC(=O)Cc1ccc2c(c1)N(S(=O)(=O)c1ccc(F)cc1)C[C@H](CCC(C)=O)O2)C(F)(F)F. The maximum absolute atomic E-state index is 13.5. The van der Waals surface area contributed by atoms with E-state index in [-0.39, 0.29) is 47.1 Å². The van der Waals surface area contributed by atoms with Gasteiger partial charge in [0, 0.05) is 6.42 Å². The highest BCUT2D eigenvalue weighted by Crippen LogP contribution is 2.40. The zero-order valence-corrected chi connectivity index (χ0v) is 21.3. The minimum Gasteiger partial charge on any atom is -0.486 e. The molecule has 0 aliphatic carbocycles. The normalized spacial score (nSPS) is 17.4. The molecule has 0 radical (unpaired) electrons. The number of rotatable bonds is 9. The largest absolute Gasteiger partial charge is 0.486 e. The van der Waals surface area contributed by atoms with Crippen LogP contribution in [-0.2, 0) is 30.8 Å². The summed E-state index contributed by atoms with van der Waals surface area (Å²) < 4.78 is 92.0. The Morgan fingerprint density at radius 1 is 1.14 bits per heavy atom. The number of sulfonamides is 1. The Labute approximate surface area is 212 Å². The molecule has 12 heteroatoms. The molecule has 37 heavy (non-hydrogen) atoms. The van der Waals surface area contributed by atoms with Gasteiger partial charge < -0.3 is 14.3 Å². The summed E-state index contributed by atoms with van der Waals surface area (Å²) in [6.45, 7) is 3.26. The van der Waals surface area contributed by atoms with Gasteiger partial charge in [0.05, 0.1) is 23.5 Å². The lowest BCUT2D eigenvalue weighted by Gasteiger charge is -2.36. The molecule has 7 nitrogen and oxygen atoms in total. The van der Waals surface area contributed by atoms with E-state index in [1.165, 1.54) is 32.0 Å². The highest BCUT2D eigenvalue weighted by atomic mass is 32.2. The number of carbonyl (C=O) groups is 2. The van der Waals surface area contributed by atoms with Gasteiger partial charge in [0.2, 0.25) is 5.60 Å². The maximum atomic E-state index is 13.5. The quantitative estimate of drug-likeness (QED) is 0.327. The molecular formula is C25H27F4NO6S. The Morgan fingerprint density at radius 2 is 1.78 bits per heavy atom. The first-order valence-electron chi connectivity index (χ1n) is 11.5. The summed E-state index contributed by atoms with van der Waals surface area (Å²) >= 11 is 0. The topological polar surface area (TPSA) is 90.0 Å². The fraction of sp³-hybridized carbons (Fsp3) is 0.440. The molecule has 3 rings (SSSR count). The van der Waals surface area contributed by atoms with Crippen LogP contribution in [0.2, 0.25) is 0 Å². The molecule has 0 spiro atoms. The van der Waals surface area contributed by atoms with Gasteiger partial charge in [-0.3, -0.25) is 9.10 Å². The van der Waals surface area contributed by atoms with Crippen LogP contribution in [0.3, 0.4) is 0 Å². The number of nitrogens with zero attached hydrogens (tertiary/aromatic N) is 1. The Bertz CT molecular complexity index is 1260. The lowest BCUT2D eigenvalue weighted by Crippen LogP contribution is -2.46. The molecule has 0 saturated carbocycles. The van der Waals surface area contributed by atoms with Crippen molar-refractivity contribution in [2.24, 2.45) is 0 Å². The third kappa shape index (κ3) is 6.41. The van der Waals surface area contributed by atoms with E-state index >= 15 is 0 Å². The lowest BCUT2D eigenvalue weighted by atomic mass is 10.0. The zero-order valence-electron chi connectivity index (χ0n) is 20.5. The van der Waals surface area contributed by atoms with Crippen LogP contribution in [0.15, 0.2) is 47.4 Å². The second-order valence-corrected chi connectivity index (χ2v) is 10.9. The smallest absolute Gasteiger partial charge is 0.428 e. The van der Waals surface area contributed by atoms with E-state index in [0.717, 1.165) is 35.5 Å². The average Bonchev–Trinajstić information content (AvgIpc) is 2.81. The van der Waals surface area contributed by atoms with E-state index in [4.69, 9.17) is 9.47 Å². The molecule has 0 saturated heterocycles. The monoisotopic (exact) mass is 545 g/mol. The third-order valence-electron chi connectivity index (χ3n) is 6.14. The van der Waals surface area contributed by atoms with Crippen LogP contribution >= 0.6 is 0 Å². The molecule has 0 fully saturated rings. The molecule has 2 aromatic carbocycles. The van der Waals surface area contributed by atoms with Gasteiger partial charge in [0.1, 0.15) is 23.5 Å². The summed E-state index contributed by atoms with van der Waals surface area (Å²) in [5.74, 6) is -1.71. The van der Waals surface area contributed by atoms with Crippen molar-refractivity contribution in [3.8, 4) is 5.75 Å². The van der Waals surface area contributed by atoms with Gasteiger partial charge in [-0.25, -0.2) is 12.8 Å². The molecule has 1 aliphatic rings. The van der Waals surface area contributed by atoms with Crippen LogP contribution < -0.4 is 9.04 Å². The Balaban J connectivity index is 1.95. The number of hydrogen-bond acceptors (Lipinski definition) is 6. The molecule has 0 N–H and O–H groups in total. The molecule has 1 unspecified atom stereocenters. The van der Waals surface area contributed by atoms with E-state index in [2.05, 4.69) is 0 Å². The van der Waals surface area contributed by atoms with Gasteiger partial charge in [0.25, 0.3) is 10.0 Å². The fourth-order valence-electron chi connectivity index (χ4n) is 3.73. The highest BCUT2D eigenvalue weighted by Gasteiger charge is 2.53. The predicted octanol–water partition coefficient (Wildman–Crippen LogP) is 4.97. The van der Waals surface area contributed by atoms with Gasteiger partial charge in [-0.1, -0.05) is 13.0 Å². The van der Waals surface area contributed by atoms with Crippen LogP contribution in [0.25, 0.3) is 0 Å². The summed E-state index contributed by atoms with van der Waals surface area (Å²) in [5, 5.41) is 0. The number of fused-ring (bicyclic) bond motifs is 1. The number of Topliss-reactive ketones (excluding diaryl/α,β-unsaturated/α-hetero) is 1. The number of anilines is 1. The summed E-state index contributed by atoms with van der Waals surface area (Å²) in [4.78, 5) is 23.6. The standard InChI is InChI=1S/C25H27F4NO6S/c1-4-24(3,25(27,28)29)36-23(32)14-17-6-12-22-21(13-17)30(15-19(35-22)9-5-16(2)31)37(33,34)20-10-7-18(26)8-11-20/h6-8,10-13,19H,4-5,9,14-15H2,1-3H3/t19-,24?/m0/s1. The van der Waals surface area contributed by atoms with Crippen molar-refractivity contribution < 1.29 is 45.0 Å². The second kappa shape index (κ2) is 10.7. The Morgan fingerprint density at radius 3 is 2.35 bits per heavy atom. The van der Waals surface area contributed by atoms with E-state index < -0.39 is 52.5 Å². The van der Waals surface area contributed by atoms with Crippen molar-refractivity contribution in [3.05, 3.63) is 53.8 Å². The summed E-state index contributed by atoms with van der Waals surface area (Å²) in [5.41, 5.74) is -2.40. The molecule has 2 atom stereocenters. The number of ketones is 1. The molecule has 0 amide bonds. The number of alkyl halides is 3. The van der Waals surface area contributed by atoms with Gasteiger partial charge >= 0.3 is 12.1 Å². The van der Waals surface area contributed by atoms with Gasteiger partial charge in [-0.05, 0) is 68.7 Å². The lowest BCUT2D eigenvalue weighted by molar-refractivity contribution is -0.264. The number of carbonyl (C=O) groups excluding carboxylic acids is 2. The van der Waals surface area contributed by atoms with Gasteiger partial charge in [-0.2, -0.15) is 13.2 Å². The van der Waals surface area contributed by atoms with Crippen molar-refractivity contribution in [2.75, 3.05) is 10.8 Å². The Kier molecular flexibility index (Phi) is 8.21. The second-order valence-electron chi connectivity index (χ2n) is 9.01. The van der Waals surface area contributed by atoms with E-state index in [0.29, 0.717) is 0 Å². The molecule has 0 aromatic heterocycles. The number of hydrogen-bond donors (Lipinski definition) is 0. The van der Waals surface area contributed by atoms with Crippen LogP contribution in [0, 0.1) is 5.82 Å². The first-order valence-corrected chi connectivity index (χ1v) is 13.0. The first kappa shape index (κ1) is 28.4. The summed E-state index contributed by atoms with van der Waals surface area (Å²) in [6, 6.07) is 8.37. The minimum absolute atomic E-state index is 0.0581. The average molecular weight is 546 g/mol. The summed E-state index contributed by atoms with van der Waals surface area (Å²) in [7, 11) is -4.22. The molecule has 1 heterocycles. The maximum Gasteiger partial charge on any atom is 0.428 e. The number of benzene rings is 2. The van der Waals surface area contributed by atoms with E-state index in [1.54, 1.807) is 0 Å². The summed E-state index contributed by atoms with van der Waals surface area (Å²) in [6.07, 6.45) is -6.06. The van der Waals surface area contributed by atoms with Gasteiger partial charge in [-0.15, -0.1) is 0 Å². The minimum atomic E-state index is -4.77.